The van der Waals surface area contributed by atoms with Gasteiger partial charge in [-0.05, 0) is 18.1 Å². The molecule has 0 aromatic carbocycles. The highest BCUT2D eigenvalue weighted by atomic mass is 16.6. The fourth-order valence-electron chi connectivity index (χ4n) is 3.48. The summed E-state index contributed by atoms with van der Waals surface area (Å²) in [7, 11) is 0. The van der Waals surface area contributed by atoms with Gasteiger partial charge in [0, 0.05) is 37.8 Å². The number of amides is 1. The molecule has 0 aliphatic carbocycles. The highest BCUT2D eigenvalue weighted by Crippen LogP contribution is 2.36. The lowest BCUT2D eigenvalue weighted by atomic mass is 9.98. The number of rotatable bonds is 4. The number of hydrogen-bond acceptors (Lipinski definition) is 6. The number of nitrogens with zero attached hydrogens (tertiary/aromatic N) is 4. The van der Waals surface area contributed by atoms with E-state index < -0.39 is 0 Å². The van der Waals surface area contributed by atoms with Crippen molar-refractivity contribution in [2.24, 2.45) is 0 Å². The minimum absolute atomic E-state index is 0.0479. The van der Waals surface area contributed by atoms with E-state index in [4.69, 9.17) is 9.47 Å². The molecule has 0 bridgehead atoms. The summed E-state index contributed by atoms with van der Waals surface area (Å²) in [5.74, 6) is -0.0895. The summed E-state index contributed by atoms with van der Waals surface area (Å²) in [6.45, 7) is 2.34. The average molecular weight is 340 g/mol. The molecular weight excluding hydrogens is 320 g/mol. The number of carbonyl (C=O) groups excluding carboxylic acids is 1. The number of carbonyl (C=O) groups is 1. The van der Waals surface area contributed by atoms with Crippen LogP contribution < -0.4 is 0 Å². The van der Waals surface area contributed by atoms with Crippen LogP contribution in [0.3, 0.4) is 0 Å². The van der Waals surface area contributed by atoms with Gasteiger partial charge < -0.3 is 14.4 Å². The summed E-state index contributed by atoms with van der Waals surface area (Å²) in [6.07, 6.45) is 9.83. The van der Waals surface area contributed by atoms with Crippen LogP contribution in [0, 0.1) is 0 Å². The Hall–Kier alpha value is -2.38. The van der Waals surface area contributed by atoms with Gasteiger partial charge in [0.2, 0.25) is 0 Å². The molecule has 2 aliphatic heterocycles. The van der Waals surface area contributed by atoms with Crippen molar-refractivity contribution in [3.8, 4) is 0 Å². The Balaban J connectivity index is 1.33. The highest BCUT2D eigenvalue weighted by molar-refractivity contribution is 5.92. The molecule has 130 valence electrons. The van der Waals surface area contributed by atoms with Gasteiger partial charge in [-0.15, -0.1) is 0 Å². The van der Waals surface area contributed by atoms with Crippen LogP contribution in [-0.4, -0.2) is 57.2 Å². The normalized spacial score (nSPS) is 25.6. The molecule has 0 N–H and O–H groups in total. The van der Waals surface area contributed by atoms with Gasteiger partial charge in [0.05, 0.1) is 37.7 Å². The molecule has 2 fully saturated rings. The molecule has 4 heterocycles. The molecule has 1 spiro atoms. The number of ether oxygens (including phenoxy) is 2. The first-order valence-electron chi connectivity index (χ1n) is 8.44. The zero-order chi connectivity index (χ0) is 17.1. The summed E-state index contributed by atoms with van der Waals surface area (Å²) in [4.78, 5) is 26.5. The molecular formula is C18H20N4O3. The molecule has 1 amide bonds. The Morgan fingerprint density at radius 3 is 3.04 bits per heavy atom. The first-order chi connectivity index (χ1) is 12.2. The minimum Gasteiger partial charge on any atom is -0.371 e. The second-order valence-electron chi connectivity index (χ2n) is 6.56. The zero-order valence-corrected chi connectivity index (χ0v) is 13.9. The number of likely N-dealkylation sites (tertiary alicyclic amines) is 1. The van der Waals surface area contributed by atoms with E-state index in [-0.39, 0.29) is 17.6 Å². The van der Waals surface area contributed by atoms with Crippen LogP contribution in [0.25, 0.3) is 0 Å². The van der Waals surface area contributed by atoms with Gasteiger partial charge in [-0.25, -0.2) is 4.98 Å². The third-order valence-corrected chi connectivity index (χ3v) is 4.77. The summed E-state index contributed by atoms with van der Waals surface area (Å²) in [5, 5.41) is 0. The number of pyridine rings is 1. The Morgan fingerprint density at radius 2 is 2.24 bits per heavy atom. The summed E-state index contributed by atoms with van der Waals surface area (Å²) >= 11 is 0. The first kappa shape index (κ1) is 16.1. The predicted octanol–water partition coefficient (Wildman–Crippen LogP) is 1.46. The molecule has 2 saturated heterocycles. The fourth-order valence-corrected chi connectivity index (χ4v) is 3.48. The summed E-state index contributed by atoms with van der Waals surface area (Å²) in [5.41, 5.74) is 1.13. The maximum Gasteiger partial charge on any atom is 0.274 e. The Morgan fingerprint density at radius 1 is 1.32 bits per heavy atom. The van der Waals surface area contributed by atoms with Crippen molar-refractivity contribution in [1.29, 1.82) is 0 Å². The molecule has 2 atom stereocenters. The van der Waals surface area contributed by atoms with E-state index in [2.05, 4.69) is 15.0 Å². The second kappa shape index (κ2) is 6.85. The van der Waals surface area contributed by atoms with Crippen molar-refractivity contribution in [3.63, 3.8) is 0 Å². The monoisotopic (exact) mass is 340 g/mol. The zero-order valence-electron chi connectivity index (χ0n) is 13.9. The first-order valence-corrected chi connectivity index (χ1v) is 8.44. The van der Waals surface area contributed by atoms with Crippen LogP contribution in [0.4, 0.5) is 0 Å². The Kier molecular flexibility index (Phi) is 4.42. The third kappa shape index (κ3) is 3.52. The molecule has 0 radical (unpaired) electrons. The van der Waals surface area contributed by atoms with Crippen molar-refractivity contribution >= 4 is 5.91 Å². The van der Waals surface area contributed by atoms with Crippen LogP contribution in [0.5, 0.6) is 0 Å². The molecule has 0 unspecified atom stereocenters. The average Bonchev–Trinajstić information content (AvgIpc) is 3.28. The van der Waals surface area contributed by atoms with Crippen molar-refractivity contribution in [2.75, 3.05) is 19.7 Å². The molecule has 2 aromatic heterocycles. The van der Waals surface area contributed by atoms with E-state index in [1.807, 2.05) is 18.3 Å². The van der Waals surface area contributed by atoms with Crippen LogP contribution in [0.1, 0.15) is 28.9 Å². The molecule has 0 saturated carbocycles. The van der Waals surface area contributed by atoms with Crippen molar-refractivity contribution in [1.82, 2.24) is 19.9 Å². The van der Waals surface area contributed by atoms with Gasteiger partial charge in [-0.1, -0.05) is 6.07 Å². The fraction of sp³-hybridized carbons (Fsp3) is 0.444. The van der Waals surface area contributed by atoms with Crippen molar-refractivity contribution in [3.05, 3.63) is 54.4 Å². The SMILES string of the molecule is O=C(c1cnccn1)N1CC[C@]2(C[C@H](OCc3cccnc3)CO2)C1. The minimum atomic E-state index is -0.294. The Bertz CT molecular complexity index is 728. The van der Waals surface area contributed by atoms with Crippen molar-refractivity contribution < 1.29 is 14.3 Å². The molecule has 2 aromatic rings. The maximum atomic E-state index is 12.5. The largest absolute Gasteiger partial charge is 0.371 e. The van der Waals surface area contributed by atoms with Gasteiger partial charge in [0.1, 0.15) is 5.69 Å². The van der Waals surface area contributed by atoms with E-state index in [9.17, 15) is 4.79 Å². The number of aromatic nitrogens is 3. The number of hydrogen-bond donors (Lipinski definition) is 0. The van der Waals surface area contributed by atoms with Crippen LogP contribution >= 0.6 is 0 Å². The molecule has 2 aliphatic rings. The van der Waals surface area contributed by atoms with Crippen LogP contribution in [0.2, 0.25) is 0 Å². The van der Waals surface area contributed by atoms with E-state index in [0.29, 0.717) is 32.0 Å². The van der Waals surface area contributed by atoms with E-state index in [1.54, 1.807) is 17.3 Å². The molecule has 4 rings (SSSR count). The topological polar surface area (TPSA) is 77.4 Å². The van der Waals surface area contributed by atoms with Gasteiger partial charge in [-0.2, -0.15) is 0 Å². The highest BCUT2D eigenvalue weighted by Gasteiger charge is 2.47. The molecule has 7 nitrogen and oxygen atoms in total. The van der Waals surface area contributed by atoms with Crippen LogP contribution in [-0.2, 0) is 16.1 Å². The molecule has 7 heteroatoms. The predicted molar refractivity (Wildman–Crippen MR) is 88.7 cm³/mol. The van der Waals surface area contributed by atoms with Gasteiger partial charge in [-0.3, -0.25) is 14.8 Å². The smallest absolute Gasteiger partial charge is 0.274 e. The van der Waals surface area contributed by atoms with Gasteiger partial charge in [0.25, 0.3) is 5.91 Å². The molecule has 25 heavy (non-hydrogen) atoms. The lowest BCUT2D eigenvalue weighted by Gasteiger charge is -2.23. The standard InChI is InChI=1S/C18H20N4O3/c23-17(16-10-20-5-6-21-16)22-7-3-18(13-22)8-15(12-25-18)24-11-14-2-1-4-19-9-14/h1-2,4-6,9-10,15H,3,7-8,11-13H2/t15-,18-/m0/s1. The second-order valence-corrected chi connectivity index (χ2v) is 6.56. The lowest BCUT2D eigenvalue weighted by molar-refractivity contribution is 0.000214. The van der Waals surface area contributed by atoms with Gasteiger partial charge >= 0.3 is 0 Å². The quantitative estimate of drug-likeness (QED) is 0.839. The maximum absolute atomic E-state index is 12.5. The Labute approximate surface area is 146 Å². The third-order valence-electron chi connectivity index (χ3n) is 4.77. The van der Waals surface area contributed by atoms with Crippen LogP contribution in [0.15, 0.2) is 43.1 Å². The van der Waals surface area contributed by atoms with E-state index in [1.165, 1.54) is 12.4 Å². The van der Waals surface area contributed by atoms with E-state index >= 15 is 0 Å². The van der Waals surface area contributed by atoms with Crippen molar-refractivity contribution in [2.45, 2.75) is 31.2 Å². The lowest BCUT2D eigenvalue weighted by Crippen LogP contribution is -2.36. The van der Waals surface area contributed by atoms with E-state index in [0.717, 1.165) is 18.4 Å². The summed E-state index contributed by atoms with van der Waals surface area (Å²) < 4.78 is 12.0. The van der Waals surface area contributed by atoms with Gasteiger partial charge in [0.15, 0.2) is 0 Å². The summed E-state index contributed by atoms with van der Waals surface area (Å²) in [6, 6.07) is 3.90.